The Kier molecular flexibility index (Phi) is 2.52. The Morgan fingerprint density at radius 2 is 1.88 bits per heavy atom. The van der Waals surface area contributed by atoms with Gasteiger partial charge in [0.15, 0.2) is 0 Å². The highest BCUT2D eigenvalue weighted by molar-refractivity contribution is 7.17. The first-order chi connectivity index (χ1) is 7.86. The van der Waals surface area contributed by atoms with Crippen LogP contribution in [-0.2, 0) is 0 Å². The lowest BCUT2D eigenvalue weighted by atomic mass is 10.1. The van der Waals surface area contributed by atoms with Crippen molar-refractivity contribution in [3.8, 4) is 0 Å². The molecule has 0 fully saturated rings. The first kappa shape index (κ1) is 10.0. The van der Waals surface area contributed by atoms with Gasteiger partial charge in [0, 0.05) is 9.58 Å². The maximum atomic E-state index is 6.29. The lowest BCUT2D eigenvalue weighted by Crippen LogP contribution is -2.09. The molecule has 16 heavy (non-hydrogen) atoms. The van der Waals surface area contributed by atoms with Gasteiger partial charge in [0.05, 0.1) is 6.04 Å². The first-order valence-corrected chi connectivity index (χ1v) is 6.87. The minimum atomic E-state index is 0.0103. The fraction of sp³-hybridized carbons (Fsp3) is 0.0769. The normalized spacial score (nSPS) is 13.1. The molecule has 0 aliphatic carbocycles. The molecule has 0 amide bonds. The van der Waals surface area contributed by atoms with E-state index >= 15 is 0 Å². The van der Waals surface area contributed by atoms with Crippen molar-refractivity contribution in [3.63, 3.8) is 0 Å². The zero-order valence-electron chi connectivity index (χ0n) is 8.59. The van der Waals surface area contributed by atoms with Crippen molar-refractivity contribution in [2.45, 2.75) is 6.04 Å². The van der Waals surface area contributed by atoms with Gasteiger partial charge < -0.3 is 5.73 Å². The number of rotatable bonds is 2. The van der Waals surface area contributed by atoms with Gasteiger partial charge in [0.1, 0.15) is 0 Å². The molecule has 3 rings (SSSR count). The van der Waals surface area contributed by atoms with Crippen LogP contribution in [0, 0.1) is 0 Å². The van der Waals surface area contributed by atoms with Crippen LogP contribution in [0.15, 0.2) is 47.2 Å². The lowest BCUT2D eigenvalue weighted by molar-refractivity contribution is 0.908. The summed E-state index contributed by atoms with van der Waals surface area (Å²) >= 11 is 3.48. The van der Waals surface area contributed by atoms with Crippen molar-refractivity contribution in [1.82, 2.24) is 0 Å². The zero-order valence-corrected chi connectivity index (χ0v) is 10.2. The van der Waals surface area contributed by atoms with Crippen LogP contribution in [0.1, 0.15) is 16.5 Å². The second kappa shape index (κ2) is 4.01. The van der Waals surface area contributed by atoms with E-state index in [2.05, 4.69) is 47.2 Å². The molecule has 0 saturated heterocycles. The van der Waals surface area contributed by atoms with E-state index in [4.69, 9.17) is 5.73 Å². The van der Waals surface area contributed by atoms with Gasteiger partial charge in [0.25, 0.3) is 0 Å². The highest BCUT2D eigenvalue weighted by Crippen LogP contribution is 2.33. The van der Waals surface area contributed by atoms with E-state index in [1.807, 2.05) is 0 Å². The summed E-state index contributed by atoms with van der Waals surface area (Å²) in [5, 5.41) is 5.53. The largest absolute Gasteiger partial charge is 0.320 e. The summed E-state index contributed by atoms with van der Waals surface area (Å²) in [4.78, 5) is 1.23. The molecule has 0 spiro atoms. The maximum Gasteiger partial charge on any atom is 0.0660 e. The molecule has 1 atom stereocenters. The first-order valence-electron chi connectivity index (χ1n) is 5.11. The van der Waals surface area contributed by atoms with Crippen molar-refractivity contribution in [1.29, 1.82) is 0 Å². The number of fused-ring (bicyclic) bond motifs is 1. The van der Waals surface area contributed by atoms with Gasteiger partial charge >= 0.3 is 0 Å². The van der Waals surface area contributed by atoms with Crippen molar-refractivity contribution >= 4 is 32.8 Å². The Balaban J connectivity index is 2.12. The maximum absolute atomic E-state index is 6.29. The van der Waals surface area contributed by atoms with Crippen LogP contribution >= 0.6 is 22.7 Å². The number of hydrogen-bond acceptors (Lipinski definition) is 3. The van der Waals surface area contributed by atoms with Gasteiger partial charge in [-0.3, -0.25) is 0 Å². The minimum absolute atomic E-state index is 0.0103. The fourth-order valence-electron chi connectivity index (χ4n) is 1.86. The van der Waals surface area contributed by atoms with Crippen molar-refractivity contribution in [2.24, 2.45) is 5.73 Å². The molecule has 0 radical (unpaired) electrons. The predicted octanol–water partition coefficient (Wildman–Crippen LogP) is 4.01. The van der Waals surface area contributed by atoms with Crippen LogP contribution in [0.25, 0.3) is 10.1 Å². The average Bonchev–Trinajstić information content (AvgIpc) is 2.98. The lowest BCUT2D eigenvalue weighted by Gasteiger charge is -2.08. The highest BCUT2D eigenvalue weighted by atomic mass is 32.1. The molecule has 2 aromatic heterocycles. The molecule has 0 bridgehead atoms. The van der Waals surface area contributed by atoms with E-state index < -0.39 is 0 Å². The van der Waals surface area contributed by atoms with E-state index in [0.29, 0.717) is 0 Å². The molecule has 1 aromatic carbocycles. The molecule has 0 aliphatic heterocycles. The molecule has 2 heterocycles. The third-order valence-corrected chi connectivity index (χ3v) is 4.63. The molecule has 80 valence electrons. The van der Waals surface area contributed by atoms with E-state index in [0.717, 1.165) is 0 Å². The second-order valence-corrected chi connectivity index (χ2v) is 5.57. The molecule has 0 saturated carbocycles. The Morgan fingerprint density at radius 3 is 2.69 bits per heavy atom. The van der Waals surface area contributed by atoms with Crippen LogP contribution in [-0.4, -0.2) is 0 Å². The molecule has 1 nitrogen and oxygen atoms in total. The van der Waals surface area contributed by atoms with Gasteiger partial charge in [-0.2, -0.15) is 0 Å². The van der Waals surface area contributed by atoms with E-state index in [1.165, 1.54) is 20.5 Å². The molecule has 3 heteroatoms. The standard InChI is InChI=1S/C13H11NS2/c14-13(12-6-3-7-15-12)10-8-16-11-5-2-1-4-9(10)11/h1-8,13H,14H2/t13-/m0/s1. The van der Waals surface area contributed by atoms with Gasteiger partial charge in [-0.25, -0.2) is 0 Å². The number of benzene rings is 1. The van der Waals surface area contributed by atoms with Crippen LogP contribution in [0.3, 0.4) is 0 Å². The Bertz CT molecular complexity index is 595. The number of nitrogens with two attached hydrogens (primary N) is 1. The van der Waals surface area contributed by atoms with Crippen LogP contribution in [0.5, 0.6) is 0 Å². The van der Waals surface area contributed by atoms with Crippen LogP contribution in [0.4, 0.5) is 0 Å². The van der Waals surface area contributed by atoms with Gasteiger partial charge in [0.2, 0.25) is 0 Å². The Morgan fingerprint density at radius 1 is 1.00 bits per heavy atom. The Labute approximate surface area is 102 Å². The third-order valence-electron chi connectivity index (χ3n) is 2.70. The van der Waals surface area contributed by atoms with Crippen molar-refractivity contribution < 1.29 is 0 Å². The monoisotopic (exact) mass is 245 g/mol. The minimum Gasteiger partial charge on any atom is -0.320 e. The SMILES string of the molecule is N[C@H](c1cccs1)c1csc2ccccc12. The molecule has 0 unspecified atom stereocenters. The topological polar surface area (TPSA) is 26.0 Å². The summed E-state index contributed by atoms with van der Waals surface area (Å²) in [7, 11) is 0. The number of thiophene rings is 2. The zero-order chi connectivity index (χ0) is 11.0. The summed E-state index contributed by atoms with van der Waals surface area (Å²) in [6.45, 7) is 0. The third kappa shape index (κ3) is 1.57. The second-order valence-electron chi connectivity index (χ2n) is 3.68. The van der Waals surface area contributed by atoms with E-state index in [9.17, 15) is 0 Å². The summed E-state index contributed by atoms with van der Waals surface area (Å²) in [5.41, 5.74) is 7.53. The molecule has 0 aliphatic rings. The quantitative estimate of drug-likeness (QED) is 0.725. The summed E-state index contributed by atoms with van der Waals surface area (Å²) in [6.07, 6.45) is 0. The van der Waals surface area contributed by atoms with Gasteiger partial charge in [-0.1, -0.05) is 24.3 Å². The summed E-state index contributed by atoms with van der Waals surface area (Å²) < 4.78 is 1.31. The summed E-state index contributed by atoms with van der Waals surface area (Å²) in [6, 6.07) is 12.6. The molecular formula is C13H11NS2. The fourth-order valence-corrected chi connectivity index (χ4v) is 3.60. The van der Waals surface area contributed by atoms with Gasteiger partial charge in [-0.15, -0.1) is 22.7 Å². The number of hydrogen-bond donors (Lipinski definition) is 1. The van der Waals surface area contributed by atoms with E-state index in [1.54, 1.807) is 22.7 Å². The van der Waals surface area contributed by atoms with Crippen LogP contribution < -0.4 is 5.73 Å². The van der Waals surface area contributed by atoms with Gasteiger partial charge in [-0.05, 0) is 33.8 Å². The molecular weight excluding hydrogens is 234 g/mol. The smallest absolute Gasteiger partial charge is 0.0660 e. The average molecular weight is 245 g/mol. The van der Waals surface area contributed by atoms with Crippen LogP contribution in [0.2, 0.25) is 0 Å². The Hall–Kier alpha value is -1.16. The predicted molar refractivity (Wildman–Crippen MR) is 72.2 cm³/mol. The molecule has 3 aromatic rings. The summed E-state index contributed by atoms with van der Waals surface area (Å²) in [5.74, 6) is 0. The van der Waals surface area contributed by atoms with Crippen molar-refractivity contribution in [3.05, 3.63) is 57.6 Å². The van der Waals surface area contributed by atoms with E-state index in [-0.39, 0.29) is 6.04 Å². The van der Waals surface area contributed by atoms with Crippen molar-refractivity contribution in [2.75, 3.05) is 0 Å². The molecule has 2 N–H and O–H groups in total. The highest BCUT2D eigenvalue weighted by Gasteiger charge is 2.13.